The van der Waals surface area contributed by atoms with Crippen LogP contribution in [0.2, 0.25) is 0 Å². The number of esters is 1. The molecule has 0 spiro atoms. The SMILES string of the molecule is [2H]C([2H])(O[P@@](=O)(C[C@@H](C)C(=O)OC(C)C)Oc1ccccc1)[C@H]1O[C@@H](n2ncc(N)nc2=O)C(N)(C#CCl)[C@H]1O. The number of nitrogen functional groups attached to an aromatic ring is 1. The Morgan fingerprint density at radius 2 is 2.08 bits per heavy atom. The molecule has 1 aliphatic rings. The molecule has 2 aromatic rings. The molecule has 5 N–H and O–H groups in total. The van der Waals surface area contributed by atoms with Gasteiger partial charge in [0.1, 0.15) is 23.8 Å². The van der Waals surface area contributed by atoms with Gasteiger partial charge in [-0.05, 0) is 37.6 Å². The molecular formula is C23H29ClN5O8P. The molecule has 6 atom stereocenters. The van der Waals surface area contributed by atoms with E-state index in [1.54, 1.807) is 32.0 Å². The number of aliphatic hydroxyl groups is 1. The molecule has 206 valence electrons. The lowest BCUT2D eigenvalue weighted by Crippen LogP contribution is -2.55. The summed E-state index contributed by atoms with van der Waals surface area (Å²) >= 11 is 5.55. The second kappa shape index (κ2) is 12.3. The van der Waals surface area contributed by atoms with E-state index in [1.165, 1.54) is 19.1 Å². The molecule has 1 unspecified atom stereocenters. The first-order valence-electron chi connectivity index (χ1n) is 12.3. The van der Waals surface area contributed by atoms with Crippen LogP contribution in [-0.2, 0) is 23.4 Å². The Morgan fingerprint density at radius 3 is 2.68 bits per heavy atom. The Hall–Kier alpha value is -2.98. The van der Waals surface area contributed by atoms with Crippen LogP contribution in [0.3, 0.4) is 0 Å². The number of nitrogens with two attached hydrogens (primary N) is 2. The molecule has 0 aliphatic carbocycles. The molecule has 13 nitrogen and oxygen atoms in total. The van der Waals surface area contributed by atoms with Gasteiger partial charge >= 0.3 is 19.3 Å². The Morgan fingerprint density at radius 1 is 1.39 bits per heavy atom. The van der Waals surface area contributed by atoms with Gasteiger partial charge < -0.3 is 30.6 Å². The van der Waals surface area contributed by atoms with Gasteiger partial charge in [0.25, 0.3) is 0 Å². The van der Waals surface area contributed by atoms with Crippen molar-refractivity contribution in [3.63, 3.8) is 0 Å². The van der Waals surface area contributed by atoms with Gasteiger partial charge in [-0.15, -0.1) is 0 Å². The van der Waals surface area contributed by atoms with Gasteiger partial charge in [-0.3, -0.25) is 9.32 Å². The first-order chi connectivity index (χ1) is 18.6. The lowest BCUT2D eigenvalue weighted by atomic mass is 9.92. The number of carbonyl (C=O) groups excluding carboxylic acids is 1. The van der Waals surface area contributed by atoms with Crippen LogP contribution in [0.15, 0.2) is 41.3 Å². The van der Waals surface area contributed by atoms with E-state index >= 15 is 0 Å². The van der Waals surface area contributed by atoms with Gasteiger partial charge in [0.15, 0.2) is 11.8 Å². The van der Waals surface area contributed by atoms with Crippen molar-refractivity contribution in [2.45, 2.75) is 50.8 Å². The number of rotatable bonds is 10. The van der Waals surface area contributed by atoms with E-state index in [-0.39, 0.29) is 11.6 Å². The standard InChI is InChI=1S/C23H29ClN5O8P/c1-14(2)35-20(31)15(3)13-38(33,37-16-7-5-4-6-8-16)34-12-17-19(30)23(26,9-10-24)21(36-17)29-22(32)28-18(25)11-27-29/h4-8,11,14-15,17,19,21,30H,12-13,26H2,1-3H3,(H2,25,28,32)/t15-,17-,19+,21-,23?,38+/m1/s1/i12D2. The number of hydrogen-bond acceptors (Lipinski definition) is 12. The number of anilines is 1. The van der Waals surface area contributed by atoms with Crippen LogP contribution in [0.5, 0.6) is 5.75 Å². The molecule has 0 amide bonds. The summed E-state index contributed by atoms with van der Waals surface area (Å²) in [7, 11) is -4.54. The molecule has 1 aromatic carbocycles. The quantitative estimate of drug-likeness (QED) is 0.210. The lowest BCUT2D eigenvalue weighted by Gasteiger charge is -2.27. The van der Waals surface area contributed by atoms with Crippen molar-refractivity contribution in [1.82, 2.24) is 14.8 Å². The fourth-order valence-electron chi connectivity index (χ4n) is 3.44. The Balaban J connectivity index is 1.99. The van der Waals surface area contributed by atoms with E-state index in [0.717, 1.165) is 6.20 Å². The number of halogens is 1. The summed E-state index contributed by atoms with van der Waals surface area (Å²) in [6.45, 7) is 1.57. The number of benzene rings is 1. The van der Waals surface area contributed by atoms with Crippen molar-refractivity contribution in [2.75, 3.05) is 18.5 Å². The minimum Gasteiger partial charge on any atom is -0.463 e. The number of carbonyl (C=O) groups is 1. The van der Waals surface area contributed by atoms with Crippen LogP contribution in [0.4, 0.5) is 5.82 Å². The second-order valence-electron chi connectivity index (χ2n) is 8.71. The molecule has 1 fully saturated rings. The van der Waals surface area contributed by atoms with Gasteiger partial charge in [-0.25, -0.2) is 9.36 Å². The van der Waals surface area contributed by atoms with Crippen LogP contribution in [0, 0.1) is 17.2 Å². The Kier molecular flexibility index (Phi) is 8.58. The maximum absolute atomic E-state index is 14.0. The third-order valence-electron chi connectivity index (χ3n) is 5.23. The Labute approximate surface area is 226 Å². The van der Waals surface area contributed by atoms with Crippen molar-refractivity contribution in [2.24, 2.45) is 11.7 Å². The van der Waals surface area contributed by atoms with E-state index in [2.05, 4.69) is 16.0 Å². The summed E-state index contributed by atoms with van der Waals surface area (Å²) < 4.78 is 53.6. The van der Waals surface area contributed by atoms with Crippen LogP contribution in [0.25, 0.3) is 0 Å². The highest BCUT2D eigenvalue weighted by Crippen LogP contribution is 2.51. The summed E-state index contributed by atoms with van der Waals surface area (Å²) in [5.74, 6) is 0.385. The fraction of sp³-hybridized carbons (Fsp3) is 0.478. The molecule has 1 aromatic heterocycles. The highest BCUT2D eigenvalue weighted by atomic mass is 35.5. The van der Waals surface area contributed by atoms with Gasteiger partial charge in [0, 0.05) is 5.38 Å². The number of aliphatic hydroxyl groups excluding tert-OH is 1. The first kappa shape index (κ1) is 26.6. The maximum Gasteiger partial charge on any atom is 0.380 e. The summed E-state index contributed by atoms with van der Waals surface area (Å²) in [4.78, 5) is 28.4. The minimum absolute atomic E-state index is 0.0571. The van der Waals surface area contributed by atoms with E-state index < -0.39 is 68.0 Å². The summed E-state index contributed by atoms with van der Waals surface area (Å²) in [5, 5.41) is 16.9. The van der Waals surface area contributed by atoms with Crippen LogP contribution in [-0.4, -0.2) is 62.4 Å². The molecule has 38 heavy (non-hydrogen) atoms. The first-order valence-corrected chi connectivity index (χ1v) is 13.4. The topological polar surface area (TPSA) is 191 Å². The summed E-state index contributed by atoms with van der Waals surface area (Å²) in [6, 6.07) is 7.74. The molecule has 1 aliphatic heterocycles. The average molecular weight is 572 g/mol. The summed E-state index contributed by atoms with van der Waals surface area (Å²) in [5.41, 5.74) is 8.49. The molecule has 1 saturated heterocycles. The zero-order valence-electron chi connectivity index (χ0n) is 22.7. The van der Waals surface area contributed by atoms with Crippen molar-refractivity contribution in [1.29, 1.82) is 0 Å². The number of hydrogen-bond donors (Lipinski definition) is 3. The minimum atomic E-state index is -4.54. The highest BCUT2D eigenvalue weighted by molar-refractivity contribution is 7.54. The van der Waals surface area contributed by atoms with Crippen molar-refractivity contribution >= 4 is 31.0 Å². The van der Waals surface area contributed by atoms with Crippen LogP contribution >= 0.6 is 19.2 Å². The second-order valence-corrected chi connectivity index (χ2v) is 10.8. The molecular weight excluding hydrogens is 541 g/mol. The normalized spacial score (nSPS) is 26.3. The van der Waals surface area contributed by atoms with Gasteiger partial charge in [-0.2, -0.15) is 14.8 Å². The van der Waals surface area contributed by atoms with Gasteiger partial charge in [0.05, 0.1) is 33.7 Å². The molecule has 0 saturated carbocycles. The maximum atomic E-state index is 14.0. The van der Waals surface area contributed by atoms with E-state index in [9.17, 15) is 19.3 Å². The van der Waals surface area contributed by atoms with Crippen molar-refractivity contribution in [3.05, 3.63) is 47.0 Å². The largest absolute Gasteiger partial charge is 0.463 e. The van der Waals surface area contributed by atoms with E-state index in [1.807, 2.05) is 5.38 Å². The van der Waals surface area contributed by atoms with Crippen molar-refractivity contribution in [3.8, 4) is 17.0 Å². The lowest BCUT2D eigenvalue weighted by molar-refractivity contribution is -0.151. The van der Waals surface area contributed by atoms with E-state index in [4.69, 9.17) is 44.3 Å². The van der Waals surface area contributed by atoms with Crippen LogP contribution in [0.1, 0.15) is 29.7 Å². The summed E-state index contributed by atoms with van der Waals surface area (Å²) in [6.07, 6.45) is -5.82. The fourth-order valence-corrected chi connectivity index (χ4v) is 5.32. The molecule has 0 radical (unpaired) electrons. The van der Waals surface area contributed by atoms with E-state index in [0.29, 0.717) is 4.68 Å². The third kappa shape index (κ3) is 6.91. The third-order valence-corrected chi connectivity index (χ3v) is 7.19. The molecule has 2 heterocycles. The molecule has 3 rings (SSSR count). The average Bonchev–Trinajstić information content (AvgIpc) is 3.10. The highest BCUT2D eigenvalue weighted by Gasteiger charge is 2.56. The Bertz CT molecular complexity index is 1390. The number of aromatic nitrogens is 3. The predicted octanol–water partition coefficient (Wildman–Crippen LogP) is 1.25. The smallest absolute Gasteiger partial charge is 0.380 e. The number of para-hydroxylation sites is 1. The van der Waals surface area contributed by atoms with Gasteiger partial charge in [-0.1, -0.05) is 31.0 Å². The number of nitrogens with zero attached hydrogens (tertiary/aromatic N) is 3. The monoisotopic (exact) mass is 571 g/mol. The zero-order valence-corrected chi connectivity index (χ0v) is 22.3. The predicted molar refractivity (Wildman–Crippen MR) is 137 cm³/mol. The molecule has 0 bridgehead atoms. The van der Waals surface area contributed by atoms with Gasteiger partial charge in [0.2, 0.25) is 0 Å². The zero-order chi connectivity index (χ0) is 29.9. The molecule has 15 heteroatoms. The number of ether oxygens (including phenoxy) is 2. The van der Waals surface area contributed by atoms with Crippen molar-refractivity contribution < 1.29 is 35.7 Å². The van der Waals surface area contributed by atoms with Crippen LogP contribution < -0.4 is 21.7 Å².